The minimum absolute atomic E-state index is 0.0623. The summed E-state index contributed by atoms with van der Waals surface area (Å²) in [4.78, 5) is 14.1. The summed E-state index contributed by atoms with van der Waals surface area (Å²) < 4.78 is 2.95. The first kappa shape index (κ1) is 13.3. The Morgan fingerprint density at radius 1 is 1.53 bits per heavy atom. The Balaban J connectivity index is 2.23. The quantitative estimate of drug-likeness (QED) is 0.801. The molecule has 0 fully saturated rings. The minimum atomic E-state index is -0.154. The van der Waals surface area contributed by atoms with Gasteiger partial charge >= 0.3 is 5.69 Å². The highest BCUT2D eigenvalue weighted by Gasteiger charge is 2.12. The van der Waals surface area contributed by atoms with Crippen molar-refractivity contribution in [3.8, 4) is 6.07 Å². The van der Waals surface area contributed by atoms with Crippen LogP contribution in [0.5, 0.6) is 0 Å². The van der Waals surface area contributed by atoms with Gasteiger partial charge in [0.1, 0.15) is 0 Å². The van der Waals surface area contributed by atoms with Crippen molar-refractivity contribution in [1.82, 2.24) is 19.1 Å². The van der Waals surface area contributed by atoms with Crippen LogP contribution >= 0.6 is 0 Å². The molecule has 2 aromatic rings. The lowest BCUT2D eigenvalue weighted by Crippen LogP contribution is -2.35. The smallest absolute Gasteiger partial charge is 0.283 e. The van der Waals surface area contributed by atoms with Crippen molar-refractivity contribution in [2.75, 3.05) is 13.1 Å². The van der Waals surface area contributed by atoms with Crippen molar-refractivity contribution in [3.63, 3.8) is 0 Å². The van der Waals surface area contributed by atoms with Crippen molar-refractivity contribution in [3.05, 3.63) is 34.9 Å². The van der Waals surface area contributed by atoms with Gasteiger partial charge in [-0.15, -0.1) is 5.10 Å². The third kappa shape index (κ3) is 2.83. The molecule has 0 spiro atoms. The van der Waals surface area contributed by atoms with Crippen LogP contribution < -0.4 is 5.69 Å². The molecule has 0 unspecified atom stereocenters. The zero-order chi connectivity index (χ0) is 13.8. The molecule has 0 aromatic carbocycles. The average Bonchev–Trinajstić information content (AvgIpc) is 2.75. The Hall–Kier alpha value is -2.13. The second-order valence-corrected chi connectivity index (χ2v) is 4.55. The fraction of sp³-hybridized carbons (Fsp3) is 0.462. The molecule has 6 nitrogen and oxygen atoms in total. The van der Waals surface area contributed by atoms with E-state index in [4.69, 9.17) is 5.26 Å². The van der Waals surface area contributed by atoms with Gasteiger partial charge in [-0.25, -0.2) is 4.79 Å². The zero-order valence-electron chi connectivity index (χ0n) is 11.2. The van der Waals surface area contributed by atoms with Gasteiger partial charge in [0.05, 0.1) is 18.7 Å². The molecule has 2 heterocycles. The lowest BCUT2D eigenvalue weighted by atomic mass is 10.2. The molecule has 0 aliphatic heterocycles. The van der Waals surface area contributed by atoms with Crippen LogP contribution in [-0.2, 0) is 6.67 Å². The third-order valence-electron chi connectivity index (χ3n) is 3.02. The van der Waals surface area contributed by atoms with Crippen LogP contribution in [0.2, 0.25) is 0 Å². The largest absolute Gasteiger partial charge is 0.351 e. The van der Waals surface area contributed by atoms with E-state index in [1.54, 1.807) is 18.3 Å². The van der Waals surface area contributed by atoms with E-state index in [1.807, 2.05) is 24.8 Å². The number of aromatic nitrogens is 3. The molecule has 0 aliphatic carbocycles. The van der Waals surface area contributed by atoms with E-state index < -0.39 is 0 Å². The van der Waals surface area contributed by atoms with E-state index in [9.17, 15) is 4.79 Å². The van der Waals surface area contributed by atoms with Crippen molar-refractivity contribution in [2.24, 2.45) is 5.92 Å². The number of nitriles is 1. The van der Waals surface area contributed by atoms with Crippen LogP contribution in [0, 0.1) is 17.2 Å². The highest BCUT2D eigenvalue weighted by Crippen LogP contribution is 2.01. The standard InChI is InChI=1S/C13H17N5O/c1-3-16(9-11(2)8-14)10-18-13(19)17-7-5-4-6-12(17)15-18/h4-7,11H,3,9-10H2,1-2H3/t11-/m0/s1. The molecule has 1 atom stereocenters. The van der Waals surface area contributed by atoms with E-state index in [2.05, 4.69) is 11.2 Å². The summed E-state index contributed by atoms with van der Waals surface area (Å²) in [5.41, 5.74) is 0.482. The fourth-order valence-corrected chi connectivity index (χ4v) is 1.96. The Morgan fingerprint density at radius 2 is 2.32 bits per heavy atom. The van der Waals surface area contributed by atoms with Crippen molar-refractivity contribution in [2.45, 2.75) is 20.5 Å². The number of pyridine rings is 1. The predicted molar refractivity (Wildman–Crippen MR) is 71.5 cm³/mol. The van der Waals surface area contributed by atoms with E-state index in [1.165, 1.54) is 9.08 Å². The van der Waals surface area contributed by atoms with Gasteiger partial charge in [-0.05, 0) is 25.6 Å². The maximum atomic E-state index is 12.1. The molecular weight excluding hydrogens is 242 g/mol. The van der Waals surface area contributed by atoms with Crippen molar-refractivity contribution in [1.29, 1.82) is 5.26 Å². The molecule has 2 aromatic heterocycles. The Bertz CT molecular complexity index is 651. The van der Waals surface area contributed by atoms with Gasteiger partial charge in [-0.1, -0.05) is 13.0 Å². The normalized spacial score (nSPS) is 12.7. The summed E-state index contributed by atoms with van der Waals surface area (Å²) in [5.74, 6) is -0.0623. The van der Waals surface area contributed by atoms with Crippen LogP contribution in [0.4, 0.5) is 0 Å². The van der Waals surface area contributed by atoms with Crippen LogP contribution in [0.25, 0.3) is 5.65 Å². The lowest BCUT2D eigenvalue weighted by Gasteiger charge is -2.20. The van der Waals surface area contributed by atoms with Crippen LogP contribution in [0.15, 0.2) is 29.2 Å². The van der Waals surface area contributed by atoms with Crippen LogP contribution in [0.3, 0.4) is 0 Å². The summed E-state index contributed by atoms with van der Waals surface area (Å²) in [6.07, 6.45) is 1.70. The molecule has 2 rings (SSSR count). The zero-order valence-corrected chi connectivity index (χ0v) is 11.2. The first-order valence-electron chi connectivity index (χ1n) is 6.32. The number of hydrogen-bond donors (Lipinski definition) is 0. The fourth-order valence-electron chi connectivity index (χ4n) is 1.96. The minimum Gasteiger partial charge on any atom is -0.283 e. The molecule has 0 radical (unpaired) electrons. The molecule has 6 heteroatoms. The Kier molecular flexibility index (Phi) is 3.97. The summed E-state index contributed by atoms with van der Waals surface area (Å²) in [6, 6.07) is 7.65. The highest BCUT2D eigenvalue weighted by atomic mass is 16.2. The van der Waals surface area contributed by atoms with Gasteiger partial charge in [0.2, 0.25) is 0 Å². The van der Waals surface area contributed by atoms with Gasteiger partial charge in [0, 0.05) is 12.7 Å². The second kappa shape index (κ2) is 5.67. The van der Waals surface area contributed by atoms with Crippen molar-refractivity contribution >= 4 is 5.65 Å². The SMILES string of the molecule is CCN(C[C@@H](C)C#N)Cn1nc2ccccn2c1=O. The molecule has 0 N–H and O–H groups in total. The topological polar surface area (TPSA) is 66.3 Å². The summed E-state index contributed by atoms with van der Waals surface area (Å²) >= 11 is 0. The molecule has 100 valence electrons. The molecule has 0 bridgehead atoms. The van der Waals surface area contributed by atoms with Gasteiger partial charge in [-0.2, -0.15) is 9.94 Å². The summed E-state index contributed by atoms with van der Waals surface area (Å²) in [5, 5.41) is 13.1. The Morgan fingerprint density at radius 3 is 2.95 bits per heavy atom. The number of rotatable bonds is 5. The van der Waals surface area contributed by atoms with Gasteiger partial charge in [-0.3, -0.25) is 9.30 Å². The molecular formula is C13H17N5O. The van der Waals surface area contributed by atoms with Gasteiger partial charge in [0.25, 0.3) is 0 Å². The molecule has 0 aliphatic rings. The molecule has 19 heavy (non-hydrogen) atoms. The number of nitrogens with zero attached hydrogens (tertiary/aromatic N) is 5. The summed E-state index contributed by atoms with van der Waals surface area (Å²) in [6.45, 7) is 5.68. The summed E-state index contributed by atoms with van der Waals surface area (Å²) in [7, 11) is 0. The third-order valence-corrected chi connectivity index (χ3v) is 3.02. The number of hydrogen-bond acceptors (Lipinski definition) is 4. The molecule has 0 saturated heterocycles. The predicted octanol–water partition coefficient (Wildman–Crippen LogP) is 0.935. The van der Waals surface area contributed by atoms with Crippen LogP contribution in [0.1, 0.15) is 13.8 Å². The average molecular weight is 259 g/mol. The van der Waals surface area contributed by atoms with Crippen molar-refractivity contribution < 1.29 is 0 Å². The van der Waals surface area contributed by atoms with Crippen LogP contribution in [-0.4, -0.2) is 32.2 Å². The van der Waals surface area contributed by atoms with Gasteiger partial charge in [0.15, 0.2) is 5.65 Å². The molecule has 0 saturated carbocycles. The highest BCUT2D eigenvalue weighted by molar-refractivity contribution is 5.35. The van der Waals surface area contributed by atoms with E-state index in [-0.39, 0.29) is 11.6 Å². The number of fused-ring (bicyclic) bond motifs is 1. The monoisotopic (exact) mass is 259 g/mol. The maximum Gasteiger partial charge on any atom is 0.351 e. The van der Waals surface area contributed by atoms with E-state index in [0.717, 1.165) is 6.54 Å². The lowest BCUT2D eigenvalue weighted by molar-refractivity contribution is 0.200. The van der Waals surface area contributed by atoms with E-state index in [0.29, 0.717) is 18.9 Å². The first-order chi connectivity index (χ1) is 9.15. The molecule has 0 amide bonds. The second-order valence-electron chi connectivity index (χ2n) is 4.55. The maximum absolute atomic E-state index is 12.1. The first-order valence-corrected chi connectivity index (χ1v) is 6.32. The van der Waals surface area contributed by atoms with Gasteiger partial charge < -0.3 is 0 Å². The Labute approximate surface area is 111 Å². The van der Waals surface area contributed by atoms with E-state index >= 15 is 0 Å².